The van der Waals surface area contributed by atoms with Gasteiger partial charge < -0.3 is 9.50 Å². The van der Waals surface area contributed by atoms with Gasteiger partial charge in [-0.2, -0.15) is 0 Å². The molecule has 5 atom stereocenters. The Bertz CT molecular complexity index is 1020. The summed E-state index contributed by atoms with van der Waals surface area (Å²) in [5, 5.41) is 4.57. The number of halogens is 1. The molecule has 31 heavy (non-hydrogen) atoms. The highest BCUT2D eigenvalue weighted by molar-refractivity contribution is 7.84. The minimum atomic E-state index is -1.50. The van der Waals surface area contributed by atoms with E-state index in [2.05, 4.69) is 50.4 Å². The van der Waals surface area contributed by atoms with Crippen molar-refractivity contribution in [2.45, 2.75) is 52.1 Å². The van der Waals surface area contributed by atoms with Gasteiger partial charge >= 0.3 is 0 Å². The zero-order chi connectivity index (χ0) is 22.0. The molecule has 0 fully saturated rings. The number of hydrogen-bond acceptors (Lipinski definition) is 3. The summed E-state index contributed by atoms with van der Waals surface area (Å²) in [4.78, 5) is 0.754. The molecule has 0 saturated carbocycles. The third kappa shape index (κ3) is 5.31. The Kier molecular flexibility index (Phi) is 7.00. The van der Waals surface area contributed by atoms with Crippen LogP contribution in [0.2, 0.25) is 5.02 Å². The van der Waals surface area contributed by atoms with Crippen LogP contribution in [-0.4, -0.2) is 10.3 Å². The fourth-order valence-corrected chi connectivity index (χ4v) is 5.51. The van der Waals surface area contributed by atoms with Crippen LogP contribution in [0, 0.1) is 11.8 Å². The number of allylic oxidation sites excluding steroid dienone is 6. The molecule has 164 valence electrons. The van der Waals surface area contributed by atoms with Crippen LogP contribution >= 0.6 is 11.6 Å². The molecule has 1 aromatic carbocycles. The van der Waals surface area contributed by atoms with Crippen LogP contribution in [0.3, 0.4) is 0 Å². The lowest BCUT2D eigenvalue weighted by Gasteiger charge is -2.37. The van der Waals surface area contributed by atoms with Crippen molar-refractivity contribution < 1.29 is 8.39 Å². The van der Waals surface area contributed by atoms with Crippen LogP contribution in [0.5, 0.6) is 0 Å². The molecule has 1 N–H and O–H groups in total. The molecule has 0 spiro atoms. The van der Waals surface area contributed by atoms with Gasteiger partial charge in [0.25, 0.3) is 0 Å². The molecular formula is C26H30ClNO2S. The summed E-state index contributed by atoms with van der Waals surface area (Å²) in [6, 6.07) is 8.35. The van der Waals surface area contributed by atoms with Crippen LogP contribution in [0.15, 0.2) is 82.5 Å². The van der Waals surface area contributed by atoms with Crippen molar-refractivity contribution in [3.63, 3.8) is 0 Å². The minimum Gasteiger partial charge on any atom is -0.401 e. The predicted molar refractivity (Wildman–Crippen MR) is 130 cm³/mol. The van der Waals surface area contributed by atoms with Crippen LogP contribution in [-0.2, 0) is 15.3 Å². The van der Waals surface area contributed by atoms with Gasteiger partial charge in [0.2, 0.25) is 11.1 Å². The van der Waals surface area contributed by atoms with Gasteiger partial charge in [-0.1, -0.05) is 66.1 Å². The highest BCUT2D eigenvalue weighted by Crippen LogP contribution is 2.37. The van der Waals surface area contributed by atoms with E-state index in [-0.39, 0.29) is 18.0 Å². The van der Waals surface area contributed by atoms with Crippen molar-refractivity contribution >= 4 is 22.7 Å². The van der Waals surface area contributed by atoms with Crippen LogP contribution < -0.4 is 5.32 Å². The SMILES string of the molecule is CC1=CC=C(OS(=O)C2=CCC(C)C=C2)C(C2NC(c3cccc(Cl)c3)CC=C2C)C1. The standard InChI is InChI=1S/C26H30ClNO2S/c1-17-7-11-22(12-8-17)31(29)30-25-14-9-18(2)15-23(25)26-19(3)10-13-24(28-26)20-5-4-6-21(27)16-20/h4-7,9-12,14,16-17,23-24,26,28H,8,13,15H2,1-3H3. The second-order valence-corrected chi connectivity index (χ2v) is 10.4. The highest BCUT2D eigenvalue weighted by Gasteiger charge is 2.34. The Balaban J connectivity index is 1.54. The van der Waals surface area contributed by atoms with E-state index in [1.54, 1.807) is 0 Å². The van der Waals surface area contributed by atoms with E-state index in [0.29, 0.717) is 5.92 Å². The summed E-state index contributed by atoms with van der Waals surface area (Å²) in [5.41, 5.74) is 3.78. The monoisotopic (exact) mass is 455 g/mol. The van der Waals surface area contributed by atoms with E-state index >= 15 is 0 Å². The van der Waals surface area contributed by atoms with Gasteiger partial charge in [-0.25, -0.2) is 4.21 Å². The molecule has 0 amide bonds. The highest BCUT2D eigenvalue weighted by atomic mass is 35.5. The van der Waals surface area contributed by atoms with E-state index in [4.69, 9.17) is 15.8 Å². The largest absolute Gasteiger partial charge is 0.401 e. The summed E-state index contributed by atoms with van der Waals surface area (Å²) in [5.74, 6) is 1.36. The van der Waals surface area contributed by atoms with Gasteiger partial charge in [0.15, 0.2) is 0 Å². The fraction of sp³-hybridized carbons (Fsp3) is 0.385. The van der Waals surface area contributed by atoms with Crippen molar-refractivity contribution in [2.24, 2.45) is 11.8 Å². The van der Waals surface area contributed by atoms with Crippen LogP contribution in [0.4, 0.5) is 0 Å². The Morgan fingerprint density at radius 3 is 2.74 bits per heavy atom. The molecule has 1 aromatic rings. The Labute approximate surface area is 193 Å². The average Bonchev–Trinajstić information content (AvgIpc) is 2.76. The molecular weight excluding hydrogens is 426 g/mol. The lowest BCUT2D eigenvalue weighted by Crippen LogP contribution is -2.43. The number of rotatable bonds is 5. The van der Waals surface area contributed by atoms with Gasteiger partial charge in [0.1, 0.15) is 5.76 Å². The molecule has 3 aliphatic rings. The molecule has 5 unspecified atom stereocenters. The molecule has 5 heteroatoms. The Hall–Kier alpha value is -1.88. The zero-order valence-electron chi connectivity index (χ0n) is 18.3. The van der Waals surface area contributed by atoms with Crippen molar-refractivity contribution in [3.8, 4) is 0 Å². The fourth-order valence-electron chi connectivity index (χ4n) is 4.44. The Morgan fingerprint density at radius 2 is 2.00 bits per heavy atom. The van der Waals surface area contributed by atoms with Crippen LogP contribution in [0.1, 0.15) is 51.6 Å². The van der Waals surface area contributed by atoms with Crippen molar-refractivity contribution in [2.75, 3.05) is 0 Å². The number of benzene rings is 1. The Morgan fingerprint density at radius 1 is 1.16 bits per heavy atom. The molecule has 0 aromatic heterocycles. The molecule has 0 bridgehead atoms. The molecule has 3 nitrogen and oxygen atoms in total. The molecule has 0 saturated heterocycles. The van der Waals surface area contributed by atoms with Crippen molar-refractivity contribution in [1.29, 1.82) is 0 Å². The zero-order valence-corrected chi connectivity index (χ0v) is 19.9. The number of hydrogen-bond donors (Lipinski definition) is 1. The first kappa shape index (κ1) is 22.3. The summed E-state index contributed by atoms with van der Waals surface area (Å²) >= 11 is 4.73. The maximum atomic E-state index is 12.9. The van der Waals surface area contributed by atoms with E-state index < -0.39 is 11.1 Å². The van der Waals surface area contributed by atoms with E-state index in [1.165, 1.54) is 16.7 Å². The lowest BCUT2D eigenvalue weighted by molar-refractivity contribution is 0.292. The smallest absolute Gasteiger partial charge is 0.239 e. The van der Waals surface area contributed by atoms with Gasteiger partial charge in [-0.3, -0.25) is 0 Å². The van der Waals surface area contributed by atoms with Gasteiger partial charge in [-0.15, -0.1) is 0 Å². The summed E-state index contributed by atoms with van der Waals surface area (Å²) in [6.07, 6.45) is 15.1. The van der Waals surface area contributed by atoms with Gasteiger partial charge in [0, 0.05) is 23.0 Å². The van der Waals surface area contributed by atoms with Crippen molar-refractivity contribution in [3.05, 3.63) is 93.1 Å². The lowest BCUT2D eigenvalue weighted by atomic mass is 9.81. The van der Waals surface area contributed by atoms with E-state index in [0.717, 1.165) is 34.9 Å². The van der Waals surface area contributed by atoms with Crippen LogP contribution in [0.25, 0.3) is 0 Å². The maximum Gasteiger partial charge on any atom is 0.239 e. The predicted octanol–water partition coefficient (Wildman–Crippen LogP) is 6.70. The van der Waals surface area contributed by atoms with Gasteiger partial charge in [-0.05, 0) is 68.9 Å². The third-order valence-corrected chi connectivity index (χ3v) is 7.55. The second kappa shape index (κ2) is 9.72. The van der Waals surface area contributed by atoms with E-state index in [9.17, 15) is 4.21 Å². The topological polar surface area (TPSA) is 38.3 Å². The van der Waals surface area contributed by atoms with Crippen molar-refractivity contribution in [1.82, 2.24) is 5.32 Å². The molecule has 0 radical (unpaired) electrons. The minimum absolute atomic E-state index is 0.0966. The second-order valence-electron chi connectivity index (χ2n) is 8.83. The molecule has 2 aliphatic carbocycles. The number of nitrogens with one attached hydrogen (secondary N) is 1. The van der Waals surface area contributed by atoms with E-state index in [1.807, 2.05) is 36.4 Å². The quantitative estimate of drug-likeness (QED) is 0.502. The normalized spacial score (nSPS) is 29.4. The van der Waals surface area contributed by atoms with Gasteiger partial charge in [0.05, 0.1) is 4.91 Å². The summed E-state index contributed by atoms with van der Waals surface area (Å²) in [6.45, 7) is 6.46. The first-order valence-electron chi connectivity index (χ1n) is 10.9. The molecule has 1 heterocycles. The summed E-state index contributed by atoms with van der Waals surface area (Å²) < 4.78 is 19.0. The average molecular weight is 456 g/mol. The molecule has 1 aliphatic heterocycles. The third-order valence-electron chi connectivity index (χ3n) is 6.28. The molecule has 4 rings (SSSR count). The first-order valence-corrected chi connectivity index (χ1v) is 12.4. The maximum absolute atomic E-state index is 12.9. The first-order chi connectivity index (χ1) is 14.9. The summed E-state index contributed by atoms with van der Waals surface area (Å²) in [7, 11) is 0.